The molecule has 1 fully saturated rings. The van der Waals surface area contributed by atoms with Crippen LogP contribution in [0, 0.1) is 0 Å². The van der Waals surface area contributed by atoms with Crippen molar-refractivity contribution in [1.82, 2.24) is 4.90 Å². The molecule has 0 spiro atoms. The normalized spacial score (nSPS) is 19.6. The Morgan fingerprint density at radius 1 is 1.45 bits per heavy atom. The van der Waals surface area contributed by atoms with Crippen molar-refractivity contribution in [3.8, 4) is 11.5 Å². The van der Waals surface area contributed by atoms with Gasteiger partial charge >= 0.3 is 5.97 Å². The van der Waals surface area contributed by atoms with Crippen LogP contribution in [0.15, 0.2) is 18.2 Å². The van der Waals surface area contributed by atoms with E-state index >= 15 is 0 Å². The summed E-state index contributed by atoms with van der Waals surface area (Å²) in [5, 5.41) is 9.19. The minimum atomic E-state index is -0.986. The van der Waals surface area contributed by atoms with E-state index < -0.39 is 5.97 Å². The summed E-state index contributed by atoms with van der Waals surface area (Å²) < 4.78 is 10.9. The Morgan fingerprint density at radius 2 is 2.25 bits per heavy atom. The third-order valence-corrected chi connectivity index (χ3v) is 3.77. The molecule has 1 aromatic rings. The average Bonchev–Trinajstić information content (AvgIpc) is 2.46. The summed E-state index contributed by atoms with van der Waals surface area (Å²) in [4.78, 5) is 13.5. The summed E-state index contributed by atoms with van der Waals surface area (Å²) in [6, 6.07) is 5.12. The molecule has 1 aromatic carbocycles. The van der Waals surface area contributed by atoms with Gasteiger partial charge in [0, 0.05) is 12.1 Å². The highest BCUT2D eigenvalue weighted by molar-refractivity contribution is 5.91. The van der Waals surface area contributed by atoms with Crippen molar-refractivity contribution < 1.29 is 19.4 Å². The van der Waals surface area contributed by atoms with E-state index in [1.807, 2.05) is 0 Å². The number of aromatic carboxylic acids is 1. The molecule has 5 nitrogen and oxygen atoms in total. The third-order valence-electron chi connectivity index (χ3n) is 3.77. The van der Waals surface area contributed by atoms with Gasteiger partial charge in [-0.3, -0.25) is 0 Å². The number of methoxy groups -OCH3 is 1. The number of likely N-dealkylation sites (N-methyl/N-ethyl adjacent to an activating group) is 1. The molecule has 5 heteroatoms. The molecule has 1 unspecified atom stereocenters. The fourth-order valence-electron chi connectivity index (χ4n) is 2.47. The lowest BCUT2D eigenvalue weighted by Gasteiger charge is -2.32. The van der Waals surface area contributed by atoms with E-state index in [4.69, 9.17) is 9.47 Å². The molecular weight excluding hydrogens is 258 g/mol. The van der Waals surface area contributed by atoms with Gasteiger partial charge < -0.3 is 19.5 Å². The molecular formula is C15H21NO4. The second kappa shape index (κ2) is 6.61. The van der Waals surface area contributed by atoms with Crippen molar-refractivity contribution in [2.24, 2.45) is 0 Å². The molecule has 20 heavy (non-hydrogen) atoms. The van der Waals surface area contributed by atoms with E-state index in [1.165, 1.54) is 18.9 Å². The summed E-state index contributed by atoms with van der Waals surface area (Å²) in [7, 11) is 3.63. The highest BCUT2D eigenvalue weighted by Gasteiger charge is 2.21. The number of likely N-dealkylation sites (tertiary alicyclic amines) is 1. The lowest BCUT2D eigenvalue weighted by Crippen LogP contribution is -2.40. The maximum Gasteiger partial charge on any atom is 0.339 e. The van der Waals surface area contributed by atoms with Crippen molar-refractivity contribution in [3.05, 3.63) is 23.8 Å². The minimum absolute atomic E-state index is 0.171. The molecule has 0 aliphatic carbocycles. The van der Waals surface area contributed by atoms with Crippen LogP contribution < -0.4 is 9.47 Å². The summed E-state index contributed by atoms with van der Waals surface area (Å²) >= 11 is 0. The van der Waals surface area contributed by atoms with E-state index in [1.54, 1.807) is 19.2 Å². The Hall–Kier alpha value is -1.75. The molecule has 0 aromatic heterocycles. The number of benzene rings is 1. The average molecular weight is 279 g/mol. The van der Waals surface area contributed by atoms with Gasteiger partial charge in [-0.1, -0.05) is 6.42 Å². The highest BCUT2D eigenvalue weighted by Crippen LogP contribution is 2.26. The van der Waals surface area contributed by atoms with Gasteiger partial charge in [0.25, 0.3) is 0 Å². The number of hydrogen-bond acceptors (Lipinski definition) is 4. The summed E-state index contributed by atoms with van der Waals surface area (Å²) in [6.45, 7) is 1.57. The van der Waals surface area contributed by atoms with Gasteiger partial charge in [0.15, 0.2) is 0 Å². The van der Waals surface area contributed by atoms with Crippen LogP contribution in [-0.2, 0) is 0 Å². The predicted octanol–water partition coefficient (Wildman–Crippen LogP) is 2.26. The summed E-state index contributed by atoms with van der Waals surface area (Å²) in [5.41, 5.74) is 0.171. The standard InChI is InChI=1S/C15H21NO4/c1-16-8-4-3-5-11(16)10-20-14-9-12(19-2)6-7-13(14)15(17)18/h6-7,9,11H,3-5,8,10H2,1-2H3,(H,17,18). The number of hydrogen-bond donors (Lipinski definition) is 1. The Morgan fingerprint density at radius 3 is 2.90 bits per heavy atom. The molecule has 0 amide bonds. The number of nitrogens with zero attached hydrogens (tertiary/aromatic N) is 1. The van der Waals surface area contributed by atoms with Crippen molar-refractivity contribution in [1.29, 1.82) is 0 Å². The fourth-order valence-corrected chi connectivity index (χ4v) is 2.47. The van der Waals surface area contributed by atoms with E-state index in [2.05, 4.69) is 11.9 Å². The number of carboxylic acid groups (broad SMARTS) is 1. The zero-order chi connectivity index (χ0) is 14.5. The lowest BCUT2D eigenvalue weighted by molar-refractivity contribution is 0.0688. The maximum absolute atomic E-state index is 11.2. The fraction of sp³-hybridized carbons (Fsp3) is 0.533. The van der Waals surface area contributed by atoms with Crippen LogP contribution in [0.4, 0.5) is 0 Å². The van der Waals surface area contributed by atoms with Crippen LogP contribution in [0.5, 0.6) is 11.5 Å². The maximum atomic E-state index is 11.2. The van der Waals surface area contributed by atoms with E-state index in [9.17, 15) is 9.90 Å². The van der Waals surface area contributed by atoms with Crippen LogP contribution in [0.3, 0.4) is 0 Å². The number of carbonyl (C=O) groups is 1. The van der Waals surface area contributed by atoms with Gasteiger partial charge in [0.05, 0.1) is 7.11 Å². The lowest BCUT2D eigenvalue weighted by atomic mass is 10.0. The first-order valence-corrected chi connectivity index (χ1v) is 6.86. The largest absolute Gasteiger partial charge is 0.497 e. The number of ether oxygens (including phenoxy) is 2. The smallest absolute Gasteiger partial charge is 0.339 e. The SMILES string of the molecule is COc1ccc(C(=O)O)c(OCC2CCCCN2C)c1. The zero-order valence-electron chi connectivity index (χ0n) is 12.0. The Bertz CT molecular complexity index is 475. The van der Waals surface area contributed by atoms with Crippen molar-refractivity contribution >= 4 is 5.97 Å². The van der Waals surface area contributed by atoms with E-state index in [0.717, 1.165) is 13.0 Å². The molecule has 1 atom stereocenters. The van der Waals surface area contributed by atoms with Crippen molar-refractivity contribution in [2.45, 2.75) is 25.3 Å². The Balaban J connectivity index is 2.08. The van der Waals surface area contributed by atoms with Crippen LogP contribution in [0.25, 0.3) is 0 Å². The first-order chi connectivity index (χ1) is 9.61. The Kier molecular flexibility index (Phi) is 4.84. The predicted molar refractivity (Wildman–Crippen MR) is 75.7 cm³/mol. The minimum Gasteiger partial charge on any atom is -0.497 e. The van der Waals surface area contributed by atoms with Crippen LogP contribution >= 0.6 is 0 Å². The van der Waals surface area contributed by atoms with Crippen LogP contribution in [-0.4, -0.2) is 49.3 Å². The molecule has 0 saturated carbocycles. The summed E-state index contributed by atoms with van der Waals surface area (Å²) in [6.07, 6.45) is 3.50. The van der Waals surface area contributed by atoms with E-state index in [0.29, 0.717) is 24.1 Å². The summed E-state index contributed by atoms with van der Waals surface area (Å²) in [5.74, 6) is -0.0162. The molecule has 110 valence electrons. The van der Waals surface area contributed by atoms with Crippen molar-refractivity contribution in [2.75, 3.05) is 27.3 Å². The molecule has 1 heterocycles. The van der Waals surface area contributed by atoms with E-state index in [-0.39, 0.29) is 5.56 Å². The second-order valence-corrected chi connectivity index (χ2v) is 5.11. The van der Waals surface area contributed by atoms with Gasteiger partial charge in [-0.25, -0.2) is 4.79 Å². The van der Waals surface area contributed by atoms with Gasteiger partial charge in [-0.15, -0.1) is 0 Å². The van der Waals surface area contributed by atoms with Gasteiger partial charge in [0.1, 0.15) is 23.7 Å². The van der Waals surface area contributed by atoms with Gasteiger partial charge in [-0.2, -0.15) is 0 Å². The molecule has 1 saturated heterocycles. The monoisotopic (exact) mass is 279 g/mol. The molecule has 0 bridgehead atoms. The quantitative estimate of drug-likeness (QED) is 0.896. The van der Waals surface area contributed by atoms with Gasteiger partial charge in [0.2, 0.25) is 0 Å². The molecule has 0 radical (unpaired) electrons. The topological polar surface area (TPSA) is 59.0 Å². The molecule has 1 N–H and O–H groups in total. The molecule has 2 rings (SSSR count). The third kappa shape index (κ3) is 3.42. The first kappa shape index (κ1) is 14.7. The Labute approximate surface area is 119 Å². The molecule has 1 aliphatic heterocycles. The second-order valence-electron chi connectivity index (χ2n) is 5.11. The highest BCUT2D eigenvalue weighted by atomic mass is 16.5. The first-order valence-electron chi connectivity index (χ1n) is 6.86. The van der Waals surface area contributed by atoms with Crippen LogP contribution in [0.2, 0.25) is 0 Å². The number of rotatable bonds is 5. The van der Waals surface area contributed by atoms with Crippen molar-refractivity contribution in [3.63, 3.8) is 0 Å². The van der Waals surface area contributed by atoms with Gasteiger partial charge in [-0.05, 0) is 38.6 Å². The van der Waals surface area contributed by atoms with Crippen LogP contribution in [0.1, 0.15) is 29.6 Å². The number of piperidine rings is 1. The number of carboxylic acids is 1. The zero-order valence-corrected chi connectivity index (χ0v) is 12.0. The molecule has 1 aliphatic rings.